The highest BCUT2D eigenvalue weighted by Crippen LogP contribution is 2.36. The second kappa shape index (κ2) is 4.93. The third kappa shape index (κ3) is 2.01. The Labute approximate surface area is 118 Å². The molecule has 4 nitrogen and oxygen atoms in total. The molecular formula is C16H16N4. The molecule has 0 spiro atoms. The number of nitrogens with zero attached hydrogens (tertiary/aromatic N) is 3. The van der Waals surface area contributed by atoms with Gasteiger partial charge in [0, 0.05) is 23.7 Å². The van der Waals surface area contributed by atoms with Crippen molar-refractivity contribution in [3.8, 4) is 17.2 Å². The second-order valence-electron chi connectivity index (χ2n) is 5.37. The summed E-state index contributed by atoms with van der Waals surface area (Å²) in [6, 6.07) is 6.07. The molecule has 0 aromatic carbocycles. The molecule has 0 radical (unpaired) electrons. The van der Waals surface area contributed by atoms with Crippen molar-refractivity contribution in [2.75, 3.05) is 5.73 Å². The summed E-state index contributed by atoms with van der Waals surface area (Å²) < 4.78 is 0. The van der Waals surface area contributed by atoms with Gasteiger partial charge in [0.25, 0.3) is 0 Å². The molecule has 1 aliphatic rings. The summed E-state index contributed by atoms with van der Waals surface area (Å²) in [5.74, 6) is 0.952. The molecule has 2 N–H and O–H groups in total. The first-order chi connectivity index (χ1) is 9.70. The molecule has 2 heterocycles. The molecule has 4 heteroatoms. The first kappa shape index (κ1) is 12.6. The van der Waals surface area contributed by atoms with E-state index in [0.29, 0.717) is 17.3 Å². The van der Waals surface area contributed by atoms with Gasteiger partial charge < -0.3 is 5.73 Å². The van der Waals surface area contributed by atoms with Crippen LogP contribution in [0.4, 0.5) is 5.82 Å². The monoisotopic (exact) mass is 264 g/mol. The van der Waals surface area contributed by atoms with Crippen molar-refractivity contribution in [1.29, 1.82) is 5.26 Å². The minimum Gasteiger partial charge on any atom is -0.383 e. The van der Waals surface area contributed by atoms with Gasteiger partial charge in [0.1, 0.15) is 17.5 Å². The fourth-order valence-electron chi connectivity index (χ4n) is 2.90. The number of hydrogen-bond donors (Lipinski definition) is 1. The summed E-state index contributed by atoms with van der Waals surface area (Å²) in [5, 5.41) is 9.44. The average Bonchev–Trinajstić information content (AvgIpc) is 2.47. The van der Waals surface area contributed by atoms with Crippen molar-refractivity contribution < 1.29 is 0 Å². The van der Waals surface area contributed by atoms with Crippen LogP contribution < -0.4 is 5.73 Å². The quantitative estimate of drug-likeness (QED) is 0.859. The van der Waals surface area contributed by atoms with Crippen molar-refractivity contribution in [1.82, 2.24) is 9.97 Å². The normalized spacial score (nSPS) is 17.3. The Balaban J connectivity index is 2.30. The highest BCUT2D eigenvalue weighted by molar-refractivity contribution is 5.79. The van der Waals surface area contributed by atoms with Crippen LogP contribution in [-0.2, 0) is 12.8 Å². The summed E-state index contributed by atoms with van der Waals surface area (Å²) in [6.07, 6.45) is 6.50. The Morgan fingerprint density at radius 3 is 2.80 bits per heavy atom. The van der Waals surface area contributed by atoms with E-state index in [4.69, 9.17) is 5.73 Å². The van der Waals surface area contributed by atoms with E-state index in [9.17, 15) is 5.26 Å². The number of fused-ring (bicyclic) bond motifs is 1. The predicted octanol–water partition coefficient (Wildman–Crippen LogP) is 2.72. The molecule has 2 aromatic rings. The van der Waals surface area contributed by atoms with Gasteiger partial charge in [-0.2, -0.15) is 5.26 Å². The van der Waals surface area contributed by atoms with Gasteiger partial charge in [0.05, 0.1) is 0 Å². The number of rotatable bonds is 1. The second-order valence-corrected chi connectivity index (χ2v) is 5.37. The van der Waals surface area contributed by atoms with Crippen LogP contribution in [0.3, 0.4) is 0 Å². The Bertz CT molecular complexity index is 686. The maximum Gasteiger partial charge on any atom is 0.142 e. The summed E-state index contributed by atoms with van der Waals surface area (Å²) in [6.45, 7) is 2.24. The molecule has 1 aliphatic carbocycles. The van der Waals surface area contributed by atoms with Crippen LogP contribution >= 0.6 is 0 Å². The van der Waals surface area contributed by atoms with E-state index in [1.165, 1.54) is 5.56 Å². The number of hydrogen-bond acceptors (Lipinski definition) is 4. The summed E-state index contributed by atoms with van der Waals surface area (Å²) in [7, 11) is 0. The minimum absolute atomic E-state index is 0.340. The molecule has 0 saturated heterocycles. The van der Waals surface area contributed by atoms with Gasteiger partial charge in [-0.15, -0.1) is 0 Å². The fraction of sp³-hybridized carbons (Fsp3) is 0.312. The van der Waals surface area contributed by atoms with Crippen LogP contribution in [0.25, 0.3) is 11.1 Å². The average molecular weight is 264 g/mol. The molecule has 100 valence electrons. The van der Waals surface area contributed by atoms with E-state index >= 15 is 0 Å². The lowest BCUT2D eigenvalue weighted by atomic mass is 9.82. The van der Waals surface area contributed by atoms with E-state index in [1.54, 1.807) is 12.4 Å². The maximum absolute atomic E-state index is 9.44. The number of aromatic nitrogens is 2. The number of anilines is 1. The Morgan fingerprint density at radius 1 is 1.35 bits per heavy atom. The molecule has 3 rings (SSSR count). The fourth-order valence-corrected chi connectivity index (χ4v) is 2.90. The van der Waals surface area contributed by atoms with Gasteiger partial charge in [-0.05, 0) is 48.4 Å². The minimum atomic E-state index is 0.340. The van der Waals surface area contributed by atoms with Crippen LogP contribution in [0, 0.1) is 17.2 Å². The first-order valence-corrected chi connectivity index (χ1v) is 6.82. The van der Waals surface area contributed by atoms with Gasteiger partial charge in [0.2, 0.25) is 0 Å². The van der Waals surface area contributed by atoms with Crippen molar-refractivity contribution >= 4 is 5.82 Å². The molecule has 20 heavy (non-hydrogen) atoms. The molecule has 0 bridgehead atoms. The highest BCUT2D eigenvalue weighted by Gasteiger charge is 2.24. The molecule has 0 unspecified atom stereocenters. The zero-order valence-corrected chi connectivity index (χ0v) is 11.4. The SMILES string of the molecule is C[C@@H]1CCc2nc(N)c(C#N)c(-c3ccncc3)c2C1. The van der Waals surface area contributed by atoms with E-state index in [2.05, 4.69) is 23.0 Å². The number of nitriles is 1. The summed E-state index contributed by atoms with van der Waals surface area (Å²) in [4.78, 5) is 8.49. The Hall–Kier alpha value is -2.41. The number of nitrogens with two attached hydrogens (primary N) is 1. The summed E-state index contributed by atoms with van der Waals surface area (Å²) in [5.41, 5.74) is 10.6. The van der Waals surface area contributed by atoms with Gasteiger partial charge in [-0.25, -0.2) is 4.98 Å². The van der Waals surface area contributed by atoms with Gasteiger partial charge >= 0.3 is 0 Å². The number of pyridine rings is 2. The van der Waals surface area contributed by atoms with Crippen LogP contribution in [0.15, 0.2) is 24.5 Å². The Morgan fingerprint density at radius 2 is 2.10 bits per heavy atom. The number of aryl methyl sites for hydroxylation is 1. The van der Waals surface area contributed by atoms with Crippen molar-refractivity contribution in [2.45, 2.75) is 26.2 Å². The van der Waals surface area contributed by atoms with Gasteiger partial charge in [-0.1, -0.05) is 6.92 Å². The molecule has 0 fully saturated rings. The molecule has 0 aliphatic heterocycles. The topological polar surface area (TPSA) is 75.6 Å². The Kier molecular flexibility index (Phi) is 3.11. The number of nitrogen functional groups attached to an aromatic ring is 1. The molecule has 2 aromatic heterocycles. The zero-order chi connectivity index (χ0) is 14.1. The zero-order valence-electron chi connectivity index (χ0n) is 11.4. The van der Waals surface area contributed by atoms with Crippen LogP contribution in [0.2, 0.25) is 0 Å². The van der Waals surface area contributed by atoms with Gasteiger partial charge in [0.15, 0.2) is 0 Å². The largest absolute Gasteiger partial charge is 0.383 e. The van der Waals surface area contributed by atoms with E-state index < -0.39 is 0 Å². The van der Waals surface area contributed by atoms with Crippen molar-refractivity contribution in [3.63, 3.8) is 0 Å². The third-order valence-electron chi connectivity index (χ3n) is 3.92. The molecule has 0 saturated carbocycles. The van der Waals surface area contributed by atoms with E-state index in [0.717, 1.165) is 36.1 Å². The smallest absolute Gasteiger partial charge is 0.142 e. The van der Waals surface area contributed by atoms with Crippen LogP contribution in [0.5, 0.6) is 0 Å². The van der Waals surface area contributed by atoms with Gasteiger partial charge in [-0.3, -0.25) is 4.98 Å². The molecular weight excluding hydrogens is 248 g/mol. The first-order valence-electron chi connectivity index (χ1n) is 6.82. The van der Waals surface area contributed by atoms with Crippen molar-refractivity contribution in [2.24, 2.45) is 5.92 Å². The van der Waals surface area contributed by atoms with Crippen LogP contribution in [0.1, 0.15) is 30.2 Å². The summed E-state index contributed by atoms with van der Waals surface area (Å²) >= 11 is 0. The lowest BCUT2D eigenvalue weighted by molar-refractivity contribution is 0.495. The third-order valence-corrected chi connectivity index (χ3v) is 3.92. The van der Waals surface area contributed by atoms with E-state index in [-0.39, 0.29) is 0 Å². The molecule has 1 atom stereocenters. The van der Waals surface area contributed by atoms with Crippen LogP contribution in [-0.4, -0.2) is 9.97 Å². The maximum atomic E-state index is 9.44. The standard InChI is InChI=1S/C16H16N4/c1-10-2-3-14-12(8-10)15(11-4-6-19-7-5-11)13(9-17)16(18)20-14/h4-7,10H,2-3,8H2,1H3,(H2,18,20)/t10-/m1/s1. The lowest BCUT2D eigenvalue weighted by Gasteiger charge is -2.24. The van der Waals surface area contributed by atoms with Crippen molar-refractivity contribution in [3.05, 3.63) is 41.3 Å². The predicted molar refractivity (Wildman–Crippen MR) is 77.8 cm³/mol. The highest BCUT2D eigenvalue weighted by atomic mass is 14.9. The lowest BCUT2D eigenvalue weighted by Crippen LogP contribution is -2.16. The molecule has 0 amide bonds. The van der Waals surface area contributed by atoms with E-state index in [1.807, 2.05) is 12.1 Å².